The number of rotatable bonds is 6. The van der Waals surface area contributed by atoms with Gasteiger partial charge < -0.3 is 4.90 Å². The molecule has 1 fully saturated rings. The zero-order chi connectivity index (χ0) is 15.4. The van der Waals surface area contributed by atoms with Crippen LogP contribution in [0.4, 0.5) is 10.1 Å². The first-order chi connectivity index (χ1) is 10.0. The molecular weight excluding hydrogens is 299 g/mol. The number of alkyl halides is 1. The highest BCUT2D eigenvalue weighted by molar-refractivity contribution is 6.17. The third kappa shape index (κ3) is 3.50. The summed E-state index contributed by atoms with van der Waals surface area (Å²) in [5.41, 5.74) is -0.484. The summed E-state index contributed by atoms with van der Waals surface area (Å²) in [6, 6.07) is 3.24. The summed E-state index contributed by atoms with van der Waals surface area (Å²) < 4.78 is 14.0. The number of amides is 1. The average molecular weight is 315 g/mol. The lowest BCUT2D eigenvalue weighted by atomic mass is 9.90. The first-order valence-electron chi connectivity index (χ1n) is 6.85. The van der Waals surface area contributed by atoms with Crippen LogP contribution in [0.15, 0.2) is 18.2 Å². The van der Waals surface area contributed by atoms with Gasteiger partial charge in [-0.1, -0.05) is 0 Å². The molecule has 21 heavy (non-hydrogen) atoms. The van der Waals surface area contributed by atoms with Crippen molar-refractivity contribution in [1.82, 2.24) is 4.90 Å². The van der Waals surface area contributed by atoms with Crippen LogP contribution in [0.5, 0.6) is 0 Å². The SMILES string of the molecule is O=C(c1ccc([N+](=O)[O-])cc1F)N(CCCCl)C1CCC1. The van der Waals surface area contributed by atoms with Gasteiger partial charge in [-0.2, -0.15) is 0 Å². The van der Waals surface area contributed by atoms with Gasteiger partial charge in [-0.15, -0.1) is 11.6 Å². The number of non-ortho nitro benzene ring substituents is 1. The van der Waals surface area contributed by atoms with E-state index in [2.05, 4.69) is 0 Å². The molecule has 0 heterocycles. The Morgan fingerprint density at radius 1 is 1.48 bits per heavy atom. The van der Waals surface area contributed by atoms with E-state index in [1.807, 2.05) is 0 Å². The average Bonchev–Trinajstić information content (AvgIpc) is 2.40. The summed E-state index contributed by atoms with van der Waals surface area (Å²) in [7, 11) is 0. The van der Waals surface area contributed by atoms with Crippen LogP contribution in [-0.2, 0) is 0 Å². The maximum absolute atomic E-state index is 14.0. The molecule has 1 aliphatic carbocycles. The van der Waals surface area contributed by atoms with Crippen molar-refractivity contribution in [2.75, 3.05) is 12.4 Å². The highest BCUT2D eigenvalue weighted by Crippen LogP contribution is 2.27. The van der Waals surface area contributed by atoms with Crippen molar-refractivity contribution in [3.8, 4) is 0 Å². The summed E-state index contributed by atoms with van der Waals surface area (Å²) in [5.74, 6) is -0.846. The minimum Gasteiger partial charge on any atom is -0.336 e. The van der Waals surface area contributed by atoms with E-state index in [4.69, 9.17) is 11.6 Å². The summed E-state index contributed by atoms with van der Waals surface area (Å²) in [5, 5.41) is 10.6. The van der Waals surface area contributed by atoms with Gasteiger partial charge in [0, 0.05) is 24.5 Å². The Kier molecular flexibility index (Phi) is 5.12. The Balaban J connectivity index is 2.21. The number of benzene rings is 1. The van der Waals surface area contributed by atoms with Crippen molar-refractivity contribution in [1.29, 1.82) is 0 Å². The number of carbonyl (C=O) groups excluding carboxylic acids is 1. The van der Waals surface area contributed by atoms with E-state index in [1.54, 1.807) is 4.90 Å². The van der Waals surface area contributed by atoms with E-state index in [0.717, 1.165) is 31.4 Å². The second-order valence-corrected chi connectivity index (χ2v) is 5.43. The zero-order valence-corrected chi connectivity index (χ0v) is 12.2. The largest absolute Gasteiger partial charge is 0.336 e. The molecule has 5 nitrogen and oxygen atoms in total. The van der Waals surface area contributed by atoms with Gasteiger partial charge in [-0.3, -0.25) is 14.9 Å². The van der Waals surface area contributed by atoms with Crippen LogP contribution in [-0.4, -0.2) is 34.2 Å². The lowest BCUT2D eigenvalue weighted by molar-refractivity contribution is -0.385. The van der Waals surface area contributed by atoms with Gasteiger partial charge >= 0.3 is 0 Å². The molecule has 0 N–H and O–H groups in total. The molecule has 1 amide bonds. The van der Waals surface area contributed by atoms with Crippen LogP contribution < -0.4 is 0 Å². The maximum Gasteiger partial charge on any atom is 0.272 e. The molecule has 7 heteroatoms. The Labute approximate surface area is 126 Å². The highest BCUT2D eigenvalue weighted by atomic mass is 35.5. The second kappa shape index (κ2) is 6.85. The van der Waals surface area contributed by atoms with Crippen LogP contribution in [0, 0.1) is 15.9 Å². The molecule has 0 aromatic heterocycles. The van der Waals surface area contributed by atoms with E-state index < -0.39 is 16.6 Å². The lowest BCUT2D eigenvalue weighted by Gasteiger charge is -2.37. The van der Waals surface area contributed by atoms with Crippen molar-refractivity contribution in [3.63, 3.8) is 0 Å². The quantitative estimate of drug-likeness (QED) is 0.459. The number of hydrogen-bond acceptors (Lipinski definition) is 3. The number of hydrogen-bond donors (Lipinski definition) is 0. The molecule has 1 aliphatic rings. The van der Waals surface area contributed by atoms with Gasteiger partial charge in [-0.05, 0) is 31.7 Å². The monoisotopic (exact) mass is 314 g/mol. The fraction of sp³-hybridized carbons (Fsp3) is 0.500. The van der Waals surface area contributed by atoms with Gasteiger partial charge in [0.05, 0.1) is 16.6 Å². The van der Waals surface area contributed by atoms with Crippen molar-refractivity contribution < 1.29 is 14.1 Å². The summed E-state index contributed by atoms with van der Waals surface area (Å²) in [4.78, 5) is 24.0. The summed E-state index contributed by atoms with van der Waals surface area (Å²) in [6.07, 6.45) is 3.50. The number of nitrogens with zero attached hydrogens (tertiary/aromatic N) is 2. The number of nitro benzene ring substituents is 1. The van der Waals surface area contributed by atoms with Crippen LogP contribution in [0.2, 0.25) is 0 Å². The Morgan fingerprint density at radius 3 is 2.67 bits per heavy atom. The molecule has 0 radical (unpaired) electrons. The van der Waals surface area contributed by atoms with Crippen molar-refractivity contribution in [3.05, 3.63) is 39.7 Å². The second-order valence-electron chi connectivity index (χ2n) is 5.05. The molecule has 1 aromatic carbocycles. The molecule has 1 aromatic rings. The van der Waals surface area contributed by atoms with Crippen LogP contribution in [0.1, 0.15) is 36.0 Å². The van der Waals surface area contributed by atoms with Gasteiger partial charge in [0.2, 0.25) is 0 Å². The summed E-state index contributed by atoms with van der Waals surface area (Å²) >= 11 is 5.66. The minimum absolute atomic E-state index is 0.121. The predicted octanol–water partition coefficient (Wildman–Crippen LogP) is 3.36. The number of carbonyl (C=O) groups is 1. The molecular formula is C14H16ClFN2O3. The Hall–Kier alpha value is -1.69. The molecule has 114 valence electrons. The van der Waals surface area contributed by atoms with E-state index in [9.17, 15) is 19.3 Å². The van der Waals surface area contributed by atoms with E-state index in [1.165, 1.54) is 6.07 Å². The molecule has 0 unspecified atom stereocenters. The summed E-state index contributed by atoms with van der Waals surface area (Å²) in [6.45, 7) is 0.476. The topological polar surface area (TPSA) is 63.4 Å². The molecule has 0 saturated heterocycles. The molecule has 2 rings (SSSR count). The number of halogens is 2. The van der Waals surface area contributed by atoms with Crippen LogP contribution in [0.25, 0.3) is 0 Å². The van der Waals surface area contributed by atoms with E-state index in [-0.39, 0.29) is 17.3 Å². The van der Waals surface area contributed by atoms with Gasteiger partial charge in [0.25, 0.3) is 11.6 Å². The smallest absolute Gasteiger partial charge is 0.272 e. The molecule has 0 atom stereocenters. The van der Waals surface area contributed by atoms with Gasteiger partial charge in [0.15, 0.2) is 0 Å². The van der Waals surface area contributed by atoms with E-state index in [0.29, 0.717) is 18.8 Å². The maximum atomic E-state index is 14.0. The van der Waals surface area contributed by atoms with Gasteiger partial charge in [0.1, 0.15) is 5.82 Å². The normalized spacial score (nSPS) is 14.6. The van der Waals surface area contributed by atoms with Crippen molar-refractivity contribution >= 4 is 23.2 Å². The Morgan fingerprint density at radius 2 is 2.19 bits per heavy atom. The van der Waals surface area contributed by atoms with E-state index >= 15 is 0 Å². The third-order valence-corrected chi connectivity index (χ3v) is 3.97. The molecule has 0 spiro atoms. The van der Waals surface area contributed by atoms with Crippen molar-refractivity contribution in [2.45, 2.75) is 31.7 Å². The lowest BCUT2D eigenvalue weighted by Crippen LogP contribution is -2.45. The minimum atomic E-state index is -0.857. The van der Waals surface area contributed by atoms with Crippen LogP contribution in [0.3, 0.4) is 0 Å². The Bertz CT molecular complexity index is 549. The fourth-order valence-electron chi connectivity index (χ4n) is 2.32. The predicted molar refractivity (Wildman–Crippen MR) is 77.1 cm³/mol. The zero-order valence-electron chi connectivity index (χ0n) is 11.4. The molecule has 0 aliphatic heterocycles. The molecule has 1 saturated carbocycles. The highest BCUT2D eigenvalue weighted by Gasteiger charge is 2.30. The first-order valence-corrected chi connectivity index (χ1v) is 7.39. The molecule has 0 bridgehead atoms. The van der Waals surface area contributed by atoms with Crippen LogP contribution >= 0.6 is 11.6 Å². The first kappa shape index (κ1) is 15.7. The van der Waals surface area contributed by atoms with Crippen molar-refractivity contribution in [2.24, 2.45) is 0 Å². The standard InChI is InChI=1S/C14H16ClFN2O3/c15-7-2-8-17(10-3-1-4-10)14(19)12-6-5-11(18(20)21)9-13(12)16/h5-6,9-10H,1-4,7-8H2. The fourth-order valence-corrected chi connectivity index (χ4v) is 2.44. The van der Waals surface area contributed by atoms with Gasteiger partial charge in [-0.25, -0.2) is 4.39 Å². The third-order valence-electron chi connectivity index (χ3n) is 3.70. The number of nitro groups is 1.